The van der Waals surface area contributed by atoms with Crippen molar-refractivity contribution in [1.82, 2.24) is 4.31 Å². The lowest BCUT2D eigenvalue weighted by molar-refractivity contribution is -0.140. The molecule has 0 aromatic rings. The molecule has 1 saturated heterocycles. The number of nitrogens with zero attached hydrogens (tertiary/aromatic N) is 1. The van der Waals surface area contributed by atoms with Crippen LogP contribution in [-0.2, 0) is 24.3 Å². The number of carbonyl (C=O) groups is 1. The summed E-state index contributed by atoms with van der Waals surface area (Å²) in [6.07, 6.45) is 2.10. The molecule has 0 amide bonds. The average Bonchev–Trinajstić information content (AvgIpc) is 2.39. The van der Waals surface area contributed by atoms with Gasteiger partial charge in [0.2, 0.25) is 10.0 Å². The molecular formula is C12H23NO5S. The zero-order valence-corrected chi connectivity index (χ0v) is 12.4. The molecule has 1 aliphatic heterocycles. The molecule has 0 aliphatic carbocycles. The van der Waals surface area contributed by atoms with Gasteiger partial charge in [-0.15, -0.1) is 0 Å². The maximum absolute atomic E-state index is 12.1. The summed E-state index contributed by atoms with van der Waals surface area (Å²) in [5, 5.41) is 0. The Labute approximate surface area is 115 Å². The third-order valence-corrected chi connectivity index (χ3v) is 5.16. The van der Waals surface area contributed by atoms with E-state index in [4.69, 9.17) is 4.74 Å². The van der Waals surface area contributed by atoms with Crippen molar-refractivity contribution in [3.63, 3.8) is 0 Å². The first-order valence-corrected chi connectivity index (χ1v) is 8.26. The van der Waals surface area contributed by atoms with Crippen molar-refractivity contribution in [3.05, 3.63) is 0 Å². The van der Waals surface area contributed by atoms with Crippen molar-refractivity contribution in [2.45, 2.75) is 38.7 Å². The Morgan fingerprint density at radius 3 is 2.47 bits per heavy atom. The van der Waals surface area contributed by atoms with Crippen LogP contribution in [0.1, 0.15) is 32.6 Å². The molecule has 0 aromatic carbocycles. The summed E-state index contributed by atoms with van der Waals surface area (Å²) >= 11 is 0. The summed E-state index contributed by atoms with van der Waals surface area (Å²) in [7, 11) is -1.95. The molecule has 1 aliphatic rings. The molecular weight excluding hydrogens is 270 g/mol. The number of piperidine rings is 1. The van der Waals surface area contributed by atoms with Crippen LogP contribution in [0, 0.1) is 0 Å². The molecule has 0 aromatic heterocycles. The SMILES string of the molecule is CCOC1CCN(S(=O)(=O)CCCC(=O)OC)CC1. The van der Waals surface area contributed by atoms with Gasteiger partial charge in [-0.3, -0.25) is 4.79 Å². The molecule has 0 radical (unpaired) electrons. The number of rotatable bonds is 7. The second-order valence-electron chi connectivity index (χ2n) is 4.55. The largest absolute Gasteiger partial charge is 0.469 e. The number of hydrogen-bond donors (Lipinski definition) is 0. The van der Waals surface area contributed by atoms with E-state index >= 15 is 0 Å². The van der Waals surface area contributed by atoms with Gasteiger partial charge in [-0.1, -0.05) is 0 Å². The molecule has 0 spiro atoms. The van der Waals surface area contributed by atoms with Gasteiger partial charge >= 0.3 is 5.97 Å². The van der Waals surface area contributed by atoms with Crippen molar-refractivity contribution in [2.24, 2.45) is 0 Å². The second-order valence-corrected chi connectivity index (χ2v) is 6.64. The fraction of sp³-hybridized carbons (Fsp3) is 0.917. The Morgan fingerprint density at radius 2 is 1.95 bits per heavy atom. The van der Waals surface area contributed by atoms with Gasteiger partial charge < -0.3 is 9.47 Å². The zero-order chi connectivity index (χ0) is 14.3. The van der Waals surface area contributed by atoms with Crippen LogP contribution < -0.4 is 0 Å². The number of carbonyl (C=O) groups excluding carboxylic acids is 1. The third kappa shape index (κ3) is 5.46. The van der Waals surface area contributed by atoms with Crippen LogP contribution in [0.2, 0.25) is 0 Å². The Hall–Kier alpha value is -0.660. The number of methoxy groups -OCH3 is 1. The number of sulfonamides is 1. The molecule has 0 unspecified atom stereocenters. The molecule has 112 valence electrons. The summed E-state index contributed by atoms with van der Waals surface area (Å²) in [6, 6.07) is 0. The zero-order valence-electron chi connectivity index (χ0n) is 11.6. The minimum absolute atomic E-state index is 0.00139. The van der Waals surface area contributed by atoms with Crippen LogP contribution in [0.5, 0.6) is 0 Å². The van der Waals surface area contributed by atoms with E-state index in [1.165, 1.54) is 11.4 Å². The maximum atomic E-state index is 12.1. The van der Waals surface area contributed by atoms with Crippen LogP contribution in [0.15, 0.2) is 0 Å². The first kappa shape index (κ1) is 16.4. The summed E-state index contributed by atoms with van der Waals surface area (Å²) in [5.41, 5.74) is 0. The summed E-state index contributed by atoms with van der Waals surface area (Å²) in [5.74, 6) is -0.369. The van der Waals surface area contributed by atoms with Crippen molar-refractivity contribution in [2.75, 3.05) is 32.6 Å². The molecule has 0 N–H and O–H groups in total. The maximum Gasteiger partial charge on any atom is 0.305 e. The molecule has 0 bridgehead atoms. The second kappa shape index (κ2) is 7.81. The molecule has 6 nitrogen and oxygen atoms in total. The van der Waals surface area contributed by atoms with E-state index < -0.39 is 10.0 Å². The standard InChI is InChI=1S/C12H23NO5S/c1-3-18-11-6-8-13(9-7-11)19(15,16)10-4-5-12(14)17-2/h11H,3-10H2,1-2H3. The minimum atomic E-state index is -3.26. The highest BCUT2D eigenvalue weighted by Crippen LogP contribution is 2.17. The fourth-order valence-electron chi connectivity index (χ4n) is 2.14. The number of esters is 1. The van der Waals surface area contributed by atoms with Crippen LogP contribution in [-0.4, -0.2) is 57.4 Å². The molecule has 1 heterocycles. The van der Waals surface area contributed by atoms with E-state index in [1.807, 2.05) is 6.92 Å². The lowest BCUT2D eigenvalue weighted by Crippen LogP contribution is -2.41. The summed E-state index contributed by atoms with van der Waals surface area (Å²) in [4.78, 5) is 10.9. The third-order valence-electron chi connectivity index (χ3n) is 3.21. The lowest BCUT2D eigenvalue weighted by Gasteiger charge is -2.30. The Balaban J connectivity index is 2.36. The smallest absolute Gasteiger partial charge is 0.305 e. The Kier molecular flexibility index (Phi) is 6.74. The van der Waals surface area contributed by atoms with Gasteiger partial charge in [0.15, 0.2) is 0 Å². The van der Waals surface area contributed by atoms with Crippen LogP contribution in [0.3, 0.4) is 0 Å². The predicted octanol–water partition coefficient (Wildman–Crippen LogP) is 0.770. The van der Waals surface area contributed by atoms with Crippen molar-refractivity contribution in [3.8, 4) is 0 Å². The highest BCUT2D eigenvalue weighted by atomic mass is 32.2. The summed E-state index contributed by atoms with van der Waals surface area (Å²) in [6.45, 7) is 3.61. The molecule has 7 heteroatoms. The van der Waals surface area contributed by atoms with Gasteiger partial charge in [-0.25, -0.2) is 12.7 Å². The Bertz CT molecular complexity index is 374. The summed E-state index contributed by atoms with van der Waals surface area (Å²) < 4.78 is 35.6. The lowest BCUT2D eigenvalue weighted by atomic mass is 10.1. The van der Waals surface area contributed by atoms with E-state index in [0.29, 0.717) is 26.1 Å². The molecule has 19 heavy (non-hydrogen) atoms. The fourth-order valence-corrected chi connectivity index (χ4v) is 3.68. The van der Waals surface area contributed by atoms with E-state index in [9.17, 15) is 13.2 Å². The number of hydrogen-bond acceptors (Lipinski definition) is 5. The predicted molar refractivity (Wildman–Crippen MR) is 71.3 cm³/mol. The van der Waals surface area contributed by atoms with Crippen molar-refractivity contribution in [1.29, 1.82) is 0 Å². The van der Waals surface area contributed by atoms with E-state index in [-0.39, 0.29) is 24.2 Å². The van der Waals surface area contributed by atoms with Crippen molar-refractivity contribution >= 4 is 16.0 Å². The number of ether oxygens (including phenoxy) is 2. The highest BCUT2D eigenvalue weighted by molar-refractivity contribution is 7.89. The van der Waals surface area contributed by atoms with Crippen LogP contribution in [0.25, 0.3) is 0 Å². The monoisotopic (exact) mass is 293 g/mol. The Morgan fingerprint density at radius 1 is 1.32 bits per heavy atom. The van der Waals surface area contributed by atoms with Crippen LogP contribution >= 0.6 is 0 Å². The van der Waals surface area contributed by atoms with Gasteiger partial charge in [0.25, 0.3) is 0 Å². The van der Waals surface area contributed by atoms with Gasteiger partial charge in [-0.2, -0.15) is 0 Å². The van der Waals surface area contributed by atoms with Gasteiger partial charge in [0.05, 0.1) is 19.0 Å². The van der Waals surface area contributed by atoms with E-state index in [0.717, 1.165) is 12.8 Å². The topological polar surface area (TPSA) is 72.9 Å². The van der Waals surface area contributed by atoms with Gasteiger partial charge in [0, 0.05) is 26.1 Å². The van der Waals surface area contributed by atoms with Gasteiger partial charge in [0.1, 0.15) is 0 Å². The first-order chi connectivity index (χ1) is 8.99. The first-order valence-electron chi connectivity index (χ1n) is 6.66. The molecule has 1 fully saturated rings. The van der Waals surface area contributed by atoms with Crippen LogP contribution in [0.4, 0.5) is 0 Å². The normalized spacial score (nSPS) is 18.4. The van der Waals surface area contributed by atoms with Crippen molar-refractivity contribution < 1.29 is 22.7 Å². The highest BCUT2D eigenvalue weighted by Gasteiger charge is 2.27. The van der Waals surface area contributed by atoms with E-state index in [1.54, 1.807) is 0 Å². The molecule has 1 rings (SSSR count). The van der Waals surface area contributed by atoms with E-state index in [2.05, 4.69) is 4.74 Å². The molecule has 0 saturated carbocycles. The van der Waals surface area contributed by atoms with Gasteiger partial charge in [-0.05, 0) is 26.2 Å². The minimum Gasteiger partial charge on any atom is -0.469 e. The quantitative estimate of drug-likeness (QED) is 0.648. The molecule has 0 atom stereocenters. The average molecular weight is 293 g/mol.